The first kappa shape index (κ1) is 13.7. The third kappa shape index (κ3) is 3.07. The maximum absolute atomic E-state index is 11.0. The molecule has 1 aromatic rings. The zero-order valence-corrected chi connectivity index (χ0v) is 10.4. The van der Waals surface area contributed by atoms with Gasteiger partial charge in [-0.2, -0.15) is 5.26 Å². The van der Waals surface area contributed by atoms with Gasteiger partial charge in [0, 0.05) is 26.2 Å². The van der Waals surface area contributed by atoms with Crippen molar-refractivity contribution in [3.05, 3.63) is 22.2 Å². The van der Waals surface area contributed by atoms with E-state index in [2.05, 4.69) is 10.3 Å². The first-order chi connectivity index (χ1) is 8.63. The fourth-order valence-corrected chi connectivity index (χ4v) is 1.55. The second-order valence-corrected chi connectivity index (χ2v) is 3.53. The van der Waals surface area contributed by atoms with Gasteiger partial charge in [-0.3, -0.25) is 10.1 Å². The molecule has 1 aromatic heterocycles. The molecule has 0 saturated heterocycles. The van der Waals surface area contributed by atoms with E-state index in [1.807, 2.05) is 13.0 Å². The molecule has 0 aliphatic heterocycles. The minimum atomic E-state index is -0.462. The average molecular weight is 249 g/mol. The van der Waals surface area contributed by atoms with Crippen LogP contribution in [0.2, 0.25) is 0 Å². The van der Waals surface area contributed by atoms with Crippen molar-refractivity contribution >= 4 is 17.3 Å². The number of nitriles is 1. The summed E-state index contributed by atoms with van der Waals surface area (Å²) in [5.74, 6) is 0.857. The third-order valence-corrected chi connectivity index (χ3v) is 2.48. The zero-order chi connectivity index (χ0) is 13.5. The van der Waals surface area contributed by atoms with Crippen LogP contribution in [0.3, 0.4) is 0 Å². The van der Waals surface area contributed by atoms with Gasteiger partial charge in [0.05, 0.1) is 17.4 Å². The van der Waals surface area contributed by atoms with Crippen molar-refractivity contribution in [3.8, 4) is 6.07 Å². The van der Waals surface area contributed by atoms with Crippen LogP contribution < -0.4 is 10.2 Å². The lowest BCUT2D eigenvalue weighted by atomic mass is 10.3. The van der Waals surface area contributed by atoms with Crippen LogP contribution in [0.1, 0.15) is 13.3 Å². The van der Waals surface area contributed by atoms with Gasteiger partial charge in [-0.05, 0) is 13.0 Å². The molecule has 0 aromatic carbocycles. The Morgan fingerprint density at radius 1 is 1.61 bits per heavy atom. The van der Waals surface area contributed by atoms with Crippen LogP contribution in [-0.4, -0.2) is 30.0 Å². The maximum atomic E-state index is 11.0. The molecule has 0 aliphatic carbocycles. The van der Waals surface area contributed by atoms with E-state index in [4.69, 9.17) is 5.26 Å². The molecule has 0 saturated carbocycles. The second-order valence-electron chi connectivity index (χ2n) is 3.53. The molecule has 1 rings (SSSR count). The lowest BCUT2D eigenvalue weighted by Gasteiger charge is -2.20. The Morgan fingerprint density at radius 2 is 2.33 bits per heavy atom. The number of anilines is 2. The van der Waals surface area contributed by atoms with E-state index in [-0.39, 0.29) is 5.69 Å². The molecule has 1 N–H and O–H groups in total. The van der Waals surface area contributed by atoms with Crippen LogP contribution in [0.5, 0.6) is 0 Å². The number of nitrogens with zero attached hydrogens (tertiary/aromatic N) is 4. The van der Waals surface area contributed by atoms with Crippen molar-refractivity contribution in [1.82, 2.24) is 4.98 Å². The molecule has 0 unspecified atom stereocenters. The molecule has 0 amide bonds. The Balaban J connectivity index is 3.16. The Morgan fingerprint density at radius 3 is 2.83 bits per heavy atom. The molecular weight excluding hydrogens is 234 g/mol. The van der Waals surface area contributed by atoms with Crippen molar-refractivity contribution in [1.29, 1.82) is 5.26 Å². The highest BCUT2D eigenvalue weighted by atomic mass is 16.6. The van der Waals surface area contributed by atoms with Gasteiger partial charge in [0.2, 0.25) is 5.82 Å². The smallest absolute Gasteiger partial charge is 0.311 e. The second kappa shape index (κ2) is 6.39. The molecule has 0 atom stereocenters. The minimum Gasteiger partial charge on any atom is -0.373 e. The van der Waals surface area contributed by atoms with E-state index in [9.17, 15) is 10.1 Å². The average Bonchev–Trinajstić information content (AvgIpc) is 2.39. The van der Waals surface area contributed by atoms with Crippen molar-refractivity contribution in [2.45, 2.75) is 13.3 Å². The SMILES string of the molecule is CCN(CCC#N)c1nc(NC)ccc1[N+](=O)[O-]. The topological polar surface area (TPSA) is 95.1 Å². The van der Waals surface area contributed by atoms with Gasteiger partial charge in [0.15, 0.2) is 0 Å². The molecule has 18 heavy (non-hydrogen) atoms. The lowest BCUT2D eigenvalue weighted by Crippen LogP contribution is -2.25. The number of hydrogen-bond donors (Lipinski definition) is 1. The van der Waals surface area contributed by atoms with Crippen LogP contribution in [0.25, 0.3) is 0 Å². The van der Waals surface area contributed by atoms with E-state index >= 15 is 0 Å². The standard InChI is InChI=1S/C11H15N5O2/c1-3-15(8-4-7-12)11-9(16(17)18)5-6-10(13-2)14-11/h5-6H,3-4,8H2,1-2H3,(H,13,14). The predicted molar refractivity (Wildman–Crippen MR) is 68.6 cm³/mol. The lowest BCUT2D eigenvalue weighted by molar-refractivity contribution is -0.384. The molecule has 0 radical (unpaired) electrons. The van der Waals surface area contributed by atoms with E-state index in [0.29, 0.717) is 31.1 Å². The molecule has 0 spiro atoms. The van der Waals surface area contributed by atoms with Crippen LogP contribution >= 0.6 is 0 Å². The summed E-state index contributed by atoms with van der Waals surface area (Å²) in [6.45, 7) is 2.85. The molecule has 1 heterocycles. The monoisotopic (exact) mass is 249 g/mol. The molecular formula is C11H15N5O2. The Bertz CT molecular complexity index is 469. The number of hydrogen-bond acceptors (Lipinski definition) is 6. The molecule has 0 fully saturated rings. The van der Waals surface area contributed by atoms with Crippen LogP contribution in [0.15, 0.2) is 12.1 Å². The minimum absolute atomic E-state index is 0.0474. The van der Waals surface area contributed by atoms with Crippen molar-refractivity contribution < 1.29 is 4.92 Å². The van der Waals surface area contributed by atoms with Gasteiger partial charge >= 0.3 is 5.69 Å². The Labute approximate surface area is 105 Å². The summed E-state index contributed by atoms with van der Waals surface area (Å²) >= 11 is 0. The quantitative estimate of drug-likeness (QED) is 0.609. The largest absolute Gasteiger partial charge is 0.373 e. The number of nitro groups is 1. The van der Waals surface area contributed by atoms with E-state index in [0.717, 1.165) is 0 Å². The maximum Gasteiger partial charge on any atom is 0.311 e. The number of aromatic nitrogens is 1. The van der Waals surface area contributed by atoms with E-state index in [1.54, 1.807) is 18.0 Å². The van der Waals surface area contributed by atoms with Crippen molar-refractivity contribution in [2.24, 2.45) is 0 Å². The fraction of sp³-hybridized carbons (Fsp3) is 0.455. The highest BCUT2D eigenvalue weighted by Gasteiger charge is 2.20. The van der Waals surface area contributed by atoms with Crippen molar-refractivity contribution in [3.63, 3.8) is 0 Å². The Hall–Kier alpha value is -2.36. The van der Waals surface area contributed by atoms with Gasteiger partial charge < -0.3 is 10.2 Å². The molecule has 7 nitrogen and oxygen atoms in total. The van der Waals surface area contributed by atoms with Gasteiger partial charge in [-0.15, -0.1) is 0 Å². The molecule has 0 bridgehead atoms. The van der Waals surface area contributed by atoms with Crippen molar-refractivity contribution in [2.75, 3.05) is 30.4 Å². The fourth-order valence-electron chi connectivity index (χ4n) is 1.55. The summed E-state index contributed by atoms with van der Waals surface area (Å²) in [6.07, 6.45) is 0.302. The summed E-state index contributed by atoms with van der Waals surface area (Å²) in [4.78, 5) is 16.4. The third-order valence-electron chi connectivity index (χ3n) is 2.48. The highest BCUT2D eigenvalue weighted by molar-refractivity contribution is 5.61. The van der Waals surface area contributed by atoms with E-state index in [1.165, 1.54) is 6.07 Å². The Kier molecular flexibility index (Phi) is 4.87. The zero-order valence-electron chi connectivity index (χ0n) is 10.4. The van der Waals surface area contributed by atoms with Crippen LogP contribution in [-0.2, 0) is 0 Å². The first-order valence-corrected chi connectivity index (χ1v) is 5.59. The summed E-state index contributed by atoms with van der Waals surface area (Å²) in [5, 5.41) is 22.4. The first-order valence-electron chi connectivity index (χ1n) is 5.59. The summed E-state index contributed by atoms with van der Waals surface area (Å²) in [6, 6.07) is 5.00. The molecule has 7 heteroatoms. The molecule has 0 aliphatic rings. The van der Waals surface area contributed by atoms with E-state index < -0.39 is 4.92 Å². The summed E-state index contributed by atoms with van der Waals surface area (Å²) < 4.78 is 0. The number of rotatable bonds is 6. The van der Waals surface area contributed by atoms with Gasteiger partial charge in [-0.1, -0.05) is 0 Å². The van der Waals surface area contributed by atoms with Gasteiger partial charge in [0.25, 0.3) is 0 Å². The predicted octanol–water partition coefficient (Wildman–Crippen LogP) is 1.77. The highest BCUT2D eigenvalue weighted by Crippen LogP contribution is 2.27. The van der Waals surface area contributed by atoms with Gasteiger partial charge in [0.1, 0.15) is 5.82 Å². The summed E-state index contributed by atoms with van der Waals surface area (Å²) in [7, 11) is 1.70. The number of pyridine rings is 1. The molecule has 96 valence electrons. The summed E-state index contributed by atoms with van der Waals surface area (Å²) in [5.41, 5.74) is -0.0474. The van der Waals surface area contributed by atoms with Crippen LogP contribution in [0, 0.1) is 21.4 Å². The normalized spacial score (nSPS) is 9.61. The number of nitrogens with one attached hydrogen (secondary N) is 1. The van der Waals surface area contributed by atoms with Gasteiger partial charge in [-0.25, -0.2) is 4.98 Å². The van der Waals surface area contributed by atoms with Crippen LogP contribution in [0.4, 0.5) is 17.3 Å².